The molecule has 2 aliphatic rings. The highest BCUT2D eigenvalue weighted by Gasteiger charge is 2.46. The smallest absolute Gasteiger partial charge is 0.351 e. The molecule has 2 aromatic heterocycles. The van der Waals surface area contributed by atoms with E-state index < -0.39 is 74.1 Å². The Morgan fingerprint density at radius 3 is 1.92 bits per heavy atom. The fourth-order valence-corrected chi connectivity index (χ4v) is 4.28. The number of alkyl halides is 2. The SMILES string of the molecule is N=c1nc(O)n(C2OC(CO)C(O)C2F)cc1I.Nc1nc(=O)n(C2O[C@H](CO)[C@@H](O)[C@@H]2F)cc1I. The van der Waals surface area contributed by atoms with Crippen LogP contribution in [-0.4, -0.2) is 94.6 Å². The Hall–Kier alpha value is -1.56. The van der Waals surface area contributed by atoms with Crippen molar-refractivity contribution in [3.05, 3.63) is 35.5 Å². The molecule has 8 N–H and O–H groups in total. The summed E-state index contributed by atoms with van der Waals surface area (Å²) < 4.78 is 40.6. The van der Waals surface area contributed by atoms with Crippen molar-refractivity contribution in [3.8, 4) is 6.01 Å². The van der Waals surface area contributed by atoms with Gasteiger partial charge in [0, 0.05) is 12.4 Å². The Bertz CT molecular complexity index is 1210. The molecule has 0 aliphatic carbocycles. The molecule has 2 aliphatic heterocycles. The van der Waals surface area contributed by atoms with Crippen LogP contribution in [0.2, 0.25) is 0 Å². The number of halogens is 4. The number of nitrogens with two attached hydrogens (primary N) is 1. The third kappa shape index (κ3) is 5.79. The molecule has 0 radical (unpaired) electrons. The molecule has 0 saturated carbocycles. The van der Waals surface area contributed by atoms with Gasteiger partial charge in [-0.2, -0.15) is 9.97 Å². The lowest BCUT2D eigenvalue weighted by atomic mass is 10.1. The Kier molecular flexibility index (Phi) is 9.57. The molecule has 4 heterocycles. The highest BCUT2D eigenvalue weighted by atomic mass is 127. The molecule has 2 saturated heterocycles. The van der Waals surface area contributed by atoms with E-state index in [0.717, 1.165) is 9.13 Å². The molecule has 18 heteroatoms. The summed E-state index contributed by atoms with van der Waals surface area (Å²) in [6.45, 7) is -1.06. The predicted octanol–water partition coefficient (Wildman–Crippen LogP) is -1.72. The minimum atomic E-state index is -1.82. The first-order chi connectivity index (χ1) is 16.9. The Balaban J connectivity index is 0.000000201. The minimum absolute atomic E-state index is 0.0458. The van der Waals surface area contributed by atoms with Gasteiger partial charge in [-0.05, 0) is 45.2 Å². The average Bonchev–Trinajstić information content (AvgIpc) is 3.29. The van der Waals surface area contributed by atoms with Gasteiger partial charge in [-0.3, -0.25) is 14.5 Å². The topological polar surface area (TPSA) is 222 Å². The van der Waals surface area contributed by atoms with Crippen molar-refractivity contribution in [2.45, 2.75) is 49.2 Å². The Morgan fingerprint density at radius 2 is 1.44 bits per heavy atom. The molecule has 0 bridgehead atoms. The zero-order chi connectivity index (χ0) is 26.9. The van der Waals surface area contributed by atoms with Crippen LogP contribution in [0.3, 0.4) is 0 Å². The fraction of sp³-hybridized carbons (Fsp3) is 0.556. The number of nitrogens with zero attached hydrogens (tertiary/aromatic N) is 4. The molecular weight excluding hydrogens is 720 g/mol. The number of anilines is 1. The van der Waals surface area contributed by atoms with Gasteiger partial charge in [0.15, 0.2) is 30.3 Å². The molecule has 36 heavy (non-hydrogen) atoms. The van der Waals surface area contributed by atoms with Crippen molar-refractivity contribution >= 4 is 51.0 Å². The second-order valence-electron chi connectivity index (χ2n) is 7.67. The summed E-state index contributed by atoms with van der Waals surface area (Å²) in [7, 11) is 0. The molecular formula is C18H22F2I2N6O8. The zero-order valence-corrected chi connectivity index (χ0v) is 22.3. The summed E-state index contributed by atoms with van der Waals surface area (Å²) >= 11 is 3.65. The monoisotopic (exact) mass is 742 g/mol. The van der Waals surface area contributed by atoms with Crippen LogP contribution in [0.1, 0.15) is 12.5 Å². The largest absolute Gasteiger partial charge is 0.480 e. The molecule has 200 valence electrons. The minimum Gasteiger partial charge on any atom is -0.480 e. The number of nitrogen functional groups attached to an aromatic ring is 1. The van der Waals surface area contributed by atoms with E-state index in [1.165, 1.54) is 12.4 Å². The molecule has 8 atom stereocenters. The van der Waals surface area contributed by atoms with Gasteiger partial charge in [-0.1, -0.05) is 0 Å². The van der Waals surface area contributed by atoms with Crippen molar-refractivity contribution in [1.29, 1.82) is 5.41 Å². The number of hydrogen-bond acceptors (Lipinski definition) is 12. The van der Waals surface area contributed by atoms with Crippen LogP contribution in [0.5, 0.6) is 6.01 Å². The van der Waals surface area contributed by atoms with E-state index in [9.17, 15) is 28.9 Å². The maximum absolute atomic E-state index is 13.8. The number of aliphatic hydroxyl groups excluding tert-OH is 4. The number of aromatic nitrogens is 4. The first kappa shape index (κ1) is 29.0. The summed E-state index contributed by atoms with van der Waals surface area (Å²) in [5, 5.41) is 53.8. The van der Waals surface area contributed by atoms with Crippen LogP contribution in [-0.2, 0) is 9.47 Å². The molecule has 4 rings (SSSR count). The Labute approximate surface area is 228 Å². The molecule has 2 fully saturated rings. The van der Waals surface area contributed by atoms with E-state index in [4.69, 9.17) is 30.8 Å². The highest BCUT2D eigenvalue weighted by molar-refractivity contribution is 14.1. The number of aromatic hydroxyl groups is 1. The molecule has 0 spiro atoms. The zero-order valence-electron chi connectivity index (χ0n) is 18.0. The van der Waals surface area contributed by atoms with E-state index in [1.54, 1.807) is 0 Å². The summed E-state index contributed by atoms with van der Waals surface area (Å²) in [6.07, 6.45) is -8.68. The highest BCUT2D eigenvalue weighted by Crippen LogP contribution is 2.33. The van der Waals surface area contributed by atoms with Crippen molar-refractivity contribution < 1.29 is 43.8 Å². The molecule has 2 aromatic rings. The lowest BCUT2D eigenvalue weighted by molar-refractivity contribution is -0.0505. The summed E-state index contributed by atoms with van der Waals surface area (Å²) in [5.74, 6) is 0.0458. The van der Waals surface area contributed by atoms with E-state index in [2.05, 4.69) is 9.97 Å². The van der Waals surface area contributed by atoms with E-state index in [0.29, 0.717) is 7.14 Å². The van der Waals surface area contributed by atoms with Gasteiger partial charge in [0.2, 0.25) is 0 Å². The number of hydrogen-bond donors (Lipinski definition) is 7. The van der Waals surface area contributed by atoms with E-state index in [1.807, 2.05) is 45.2 Å². The lowest BCUT2D eigenvalue weighted by Crippen LogP contribution is -2.34. The fourth-order valence-electron chi connectivity index (χ4n) is 3.44. The van der Waals surface area contributed by atoms with Crippen LogP contribution in [0, 0.1) is 12.5 Å². The maximum Gasteiger partial charge on any atom is 0.351 e. The molecule has 0 amide bonds. The van der Waals surface area contributed by atoms with Gasteiger partial charge in [-0.25, -0.2) is 13.6 Å². The Morgan fingerprint density at radius 1 is 0.972 bits per heavy atom. The second kappa shape index (κ2) is 11.9. The van der Waals surface area contributed by atoms with Gasteiger partial charge >= 0.3 is 5.69 Å². The number of ether oxygens (including phenoxy) is 2. The van der Waals surface area contributed by atoms with Gasteiger partial charge in [-0.15, -0.1) is 0 Å². The average molecular weight is 742 g/mol. The standard InChI is InChI=1S/2C9H11FIN3O4/c2*10-5-6(16)4(2-15)18-8(5)14-1-3(11)7(12)13-9(14)17/h2*1,4-6,8,15-16H,2H2,(H2,12,13,17)/t4-,5+,6-,8?;/m1./s1. The van der Waals surface area contributed by atoms with Crippen LogP contribution >= 0.6 is 45.2 Å². The number of aliphatic hydroxyl groups is 4. The lowest BCUT2D eigenvalue weighted by Gasteiger charge is -2.18. The first-order valence-electron chi connectivity index (χ1n) is 10.1. The van der Waals surface area contributed by atoms with Gasteiger partial charge in [0.05, 0.1) is 20.4 Å². The summed E-state index contributed by atoms with van der Waals surface area (Å²) in [6, 6.07) is -0.584. The van der Waals surface area contributed by atoms with Gasteiger partial charge in [0.25, 0.3) is 6.01 Å². The van der Waals surface area contributed by atoms with Crippen LogP contribution in [0.25, 0.3) is 0 Å². The van der Waals surface area contributed by atoms with Crippen molar-refractivity contribution in [2.24, 2.45) is 0 Å². The first-order valence-corrected chi connectivity index (χ1v) is 12.3. The number of nitrogens with one attached hydrogen (secondary N) is 1. The van der Waals surface area contributed by atoms with E-state index >= 15 is 0 Å². The van der Waals surface area contributed by atoms with Gasteiger partial charge in [0.1, 0.15) is 30.2 Å². The summed E-state index contributed by atoms with van der Waals surface area (Å²) in [4.78, 5) is 18.6. The van der Waals surface area contributed by atoms with Crippen molar-refractivity contribution in [3.63, 3.8) is 0 Å². The number of rotatable bonds is 4. The predicted molar refractivity (Wildman–Crippen MR) is 132 cm³/mol. The van der Waals surface area contributed by atoms with Crippen LogP contribution < -0.4 is 16.9 Å². The van der Waals surface area contributed by atoms with Crippen LogP contribution in [0.15, 0.2) is 17.2 Å². The van der Waals surface area contributed by atoms with Crippen LogP contribution in [0.4, 0.5) is 14.6 Å². The molecule has 5 unspecified atom stereocenters. The quantitative estimate of drug-likeness (QED) is 0.175. The summed E-state index contributed by atoms with van der Waals surface area (Å²) in [5.41, 5.74) is 4.53. The molecule has 14 nitrogen and oxygen atoms in total. The van der Waals surface area contributed by atoms with Crippen molar-refractivity contribution in [1.82, 2.24) is 19.1 Å². The third-order valence-electron chi connectivity index (χ3n) is 5.35. The molecule has 0 aromatic carbocycles. The van der Waals surface area contributed by atoms with E-state index in [-0.39, 0.29) is 11.3 Å². The van der Waals surface area contributed by atoms with Crippen molar-refractivity contribution in [2.75, 3.05) is 18.9 Å². The van der Waals surface area contributed by atoms with Gasteiger partial charge < -0.3 is 40.7 Å². The normalized spacial score (nSPS) is 31.8. The third-order valence-corrected chi connectivity index (χ3v) is 6.97. The maximum atomic E-state index is 13.8. The second-order valence-corrected chi connectivity index (χ2v) is 10.00.